The lowest BCUT2D eigenvalue weighted by molar-refractivity contribution is -0.140. The highest BCUT2D eigenvalue weighted by Crippen LogP contribution is 2.50. The number of aromatic nitrogens is 2. The zero-order chi connectivity index (χ0) is 47.6. The number of fused-ring (bicyclic) bond motifs is 6. The molecule has 0 unspecified atom stereocenters. The van der Waals surface area contributed by atoms with Crippen LogP contribution in [0.4, 0.5) is 0 Å². The van der Waals surface area contributed by atoms with Crippen molar-refractivity contribution in [3.05, 3.63) is 151 Å². The van der Waals surface area contributed by atoms with Gasteiger partial charge < -0.3 is 29.1 Å². The number of hydrogen-bond donors (Lipinski definition) is 2. The topological polar surface area (TPSA) is 132 Å². The molecule has 4 aromatic rings. The maximum Gasteiger partial charge on any atom is 0.258 e. The van der Waals surface area contributed by atoms with E-state index in [1.807, 2.05) is 108 Å². The number of pyridine rings is 2. The smallest absolute Gasteiger partial charge is 0.258 e. The van der Waals surface area contributed by atoms with Gasteiger partial charge in [-0.05, 0) is 114 Å². The molecule has 12 nitrogen and oxygen atoms in total. The highest BCUT2D eigenvalue weighted by molar-refractivity contribution is 5.83. The Labute approximate surface area is 401 Å². The third-order valence-electron chi connectivity index (χ3n) is 16.6. The maximum absolute atomic E-state index is 13.7. The maximum atomic E-state index is 13.7. The molecule has 8 atom stereocenters. The molecule has 2 amide bonds. The Morgan fingerprint density at radius 3 is 1.26 bits per heavy atom. The molecule has 6 aliphatic rings. The van der Waals surface area contributed by atoms with E-state index in [1.54, 1.807) is 0 Å². The Hall–Kier alpha value is -5.40. The first-order valence-corrected chi connectivity index (χ1v) is 25.1. The van der Waals surface area contributed by atoms with Crippen LogP contribution in [-0.4, -0.2) is 116 Å². The van der Waals surface area contributed by atoms with Gasteiger partial charge in [-0.1, -0.05) is 85.0 Å². The van der Waals surface area contributed by atoms with Crippen molar-refractivity contribution in [2.24, 2.45) is 35.5 Å². The van der Waals surface area contributed by atoms with E-state index >= 15 is 0 Å². The van der Waals surface area contributed by atoms with E-state index in [1.165, 1.54) is 11.1 Å². The first-order valence-electron chi connectivity index (χ1n) is 25.1. The van der Waals surface area contributed by atoms with Gasteiger partial charge >= 0.3 is 0 Å². The second-order valence-corrected chi connectivity index (χ2v) is 20.3. The Morgan fingerprint density at radius 1 is 0.559 bits per heavy atom. The molecule has 0 bridgehead atoms. The lowest BCUT2D eigenvalue weighted by Gasteiger charge is -2.37. The summed E-state index contributed by atoms with van der Waals surface area (Å²) in [7, 11) is 3.97. The largest absolute Gasteiger partial charge is 0.396 e. The Morgan fingerprint density at radius 2 is 0.926 bits per heavy atom. The fourth-order valence-electron chi connectivity index (χ4n) is 13.1. The van der Waals surface area contributed by atoms with Gasteiger partial charge in [-0.15, -0.1) is 0 Å². The molecule has 0 saturated carbocycles. The number of hydrogen-bond acceptors (Lipinski definition) is 8. The molecule has 2 N–H and O–H groups in total. The zero-order valence-electron chi connectivity index (χ0n) is 40.3. The number of aliphatic hydroxyl groups excluding tert-OH is 2. The minimum absolute atomic E-state index is 0.0125. The summed E-state index contributed by atoms with van der Waals surface area (Å²) in [5, 5.41) is 20.7. The van der Waals surface area contributed by atoms with Crippen LogP contribution in [0.2, 0.25) is 0 Å². The number of rotatable bonds is 10. The molecular formula is C56H70N6O6. The predicted molar refractivity (Wildman–Crippen MR) is 266 cm³/mol. The van der Waals surface area contributed by atoms with Gasteiger partial charge in [0.25, 0.3) is 11.1 Å². The van der Waals surface area contributed by atoms with E-state index in [4.69, 9.17) is 0 Å². The van der Waals surface area contributed by atoms with Gasteiger partial charge in [0.05, 0.1) is 24.2 Å². The van der Waals surface area contributed by atoms with Crippen LogP contribution in [0.15, 0.2) is 107 Å². The van der Waals surface area contributed by atoms with Crippen molar-refractivity contribution >= 4 is 24.0 Å². The summed E-state index contributed by atoms with van der Waals surface area (Å²) >= 11 is 0. The third kappa shape index (κ3) is 9.01. The van der Waals surface area contributed by atoms with Gasteiger partial charge in [-0.25, -0.2) is 0 Å². The van der Waals surface area contributed by atoms with Crippen LogP contribution in [0.25, 0.3) is 12.2 Å². The molecule has 2 aromatic carbocycles. The number of likely N-dealkylation sites (N-methyl/N-ethyl adjacent to an activating group) is 2. The van der Waals surface area contributed by atoms with Gasteiger partial charge in [-0.3, -0.25) is 29.0 Å². The summed E-state index contributed by atoms with van der Waals surface area (Å²) in [4.78, 5) is 61.6. The summed E-state index contributed by atoms with van der Waals surface area (Å²) in [5.74, 6) is 1.25. The second kappa shape index (κ2) is 20.7. The van der Waals surface area contributed by atoms with Crippen molar-refractivity contribution in [1.82, 2.24) is 28.7 Å². The van der Waals surface area contributed by atoms with Gasteiger partial charge in [0.15, 0.2) is 0 Å². The standard InChI is InChI=1S/2C28H35N3O3/c2*1-3-7-21-10-11-24-25-22(17-31(24)27(21)33)23(18-32)26(29(25)2)28(34)30-14-12-20(13-15-30)16-19-8-5-4-6-9-19/h2*3-11,20,22-23,25-26,32H,12-18H2,1-2H3/b7-3+;7-3-/t2*22-,23-,25+,26-/m11/s1. The van der Waals surface area contributed by atoms with Gasteiger partial charge in [0.2, 0.25) is 11.8 Å². The monoisotopic (exact) mass is 923 g/mol. The fraction of sp³-hybridized carbons (Fsp3) is 0.500. The van der Waals surface area contributed by atoms with Gasteiger partial charge in [0, 0.05) is 98.7 Å². The summed E-state index contributed by atoms with van der Waals surface area (Å²) < 4.78 is 3.69. The van der Waals surface area contributed by atoms with Crippen molar-refractivity contribution in [2.45, 2.75) is 89.6 Å². The van der Waals surface area contributed by atoms with E-state index in [0.29, 0.717) is 36.1 Å². The fourth-order valence-corrected chi connectivity index (χ4v) is 13.1. The molecule has 0 radical (unpaired) electrons. The number of carbonyl (C=O) groups excluding carboxylic acids is 2. The number of nitrogens with zero attached hydrogens (tertiary/aromatic N) is 6. The third-order valence-corrected chi connectivity index (χ3v) is 16.6. The van der Waals surface area contributed by atoms with Crippen LogP contribution in [-0.2, 0) is 35.5 Å². The summed E-state index contributed by atoms with van der Waals surface area (Å²) in [6.45, 7) is 7.94. The normalized spacial score (nSPS) is 27.3. The van der Waals surface area contributed by atoms with Crippen molar-refractivity contribution in [1.29, 1.82) is 0 Å². The first kappa shape index (κ1) is 47.7. The van der Waals surface area contributed by atoms with Crippen LogP contribution in [0.3, 0.4) is 0 Å². The molecule has 10 rings (SSSR count). The lowest BCUT2D eigenvalue weighted by Crippen LogP contribution is -2.51. The van der Waals surface area contributed by atoms with E-state index in [2.05, 4.69) is 58.3 Å². The SMILES string of the molecule is C/C=C/c1ccc2n(c1=O)C[C@@H]1[C@@H](CO)[C@H](C(=O)N3CCC(Cc4ccccc4)CC3)N(C)[C@H]21.C/C=C\c1ccc2n(c1=O)C[C@@H]1[C@@H](CO)[C@H](C(=O)N3CCC(Cc4ccccc4)CC3)N(C)[C@H]21. The van der Waals surface area contributed by atoms with Crippen molar-refractivity contribution in [3.63, 3.8) is 0 Å². The molecule has 68 heavy (non-hydrogen) atoms. The molecule has 2 aromatic heterocycles. The zero-order valence-corrected chi connectivity index (χ0v) is 40.3. The molecule has 8 heterocycles. The summed E-state index contributed by atoms with van der Waals surface area (Å²) in [5.41, 5.74) is 6.03. The van der Waals surface area contributed by atoms with Gasteiger partial charge in [0.1, 0.15) is 0 Å². The van der Waals surface area contributed by atoms with E-state index in [0.717, 1.165) is 76.1 Å². The van der Waals surface area contributed by atoms with E-state index < -0.39 is 0 Å². The average Bonchev–Trinajstić information content (AvgIpc) is 4.09. The van der Waals surface area contributed by atoms with E-state index in [-0.39, 0.29) is 84.0 Å². The van der Waals surface area contributed by atoms with Crippen molar-refractivity contribution in [3.8, 4) is 0 Å². The number of allylic oxidation sites excluding steroid dienone is 2. The Balaban J connectivity index is 0.000000170. The lowest BCUT2D eigenvalue weighted by atomic mass is 9.86. The van der Waals surface area contributed by atoms with Crippen LogP contribution in [0.5, 0.6) is 0 Å². The summed E-state index contributed by atoms with van der Waals surface area (Å²) in [6.07, 6.45) is 13.6. The van der Waals surface area contributed by atoms with Crippen molar-refractivity contribution in [2.75, 3.05) is 53.5 Å². The molecule has 360 valence electrons. The molecule has 4 fully saturated rings. The van der Waals surface area contributed by atoms with Crippen LogP contribution in [0, 0.1) is 35.5 Å². The van der Waals surface area contributed by atoms with Crippen LogP contribution < -0.4 is 11.1 Å². The molecule has 4 saturated heterocycles. The highest BCUT2D eigenvalue weighted by atomic mass is 16.3. The number of aliphatic hydroxyl groups is 2. The molecule has 6 aliphatic heterocycles. The quantitative estimate of drug-likeness (QED) is 0.201. The average molecular weight is 923 g/mol. The first-order chi connectivity index (χ1) is 33.1. The second-order valence-electron chi connectivity index (χ2n) is 20.3. The highest BCUT2D eigenvalue weighted by Gasteiger charge is 2.56. The number of amides is 2. The minimum atomic E-state index is -0.343. The number of piperidine rings is 2. The Bertz CT molecular complexity index is 2410. The minimum Gasteiger partial charge on any atom is -0.396 e. The number of likely N-dealkylation sites (tertiary alicyclic amines) is 4. The molecule has 0 aliphatic carbocycles. The Kier molecular flexibility index (Phi) is 14.5. The molecule has 12 heteroatoms. The molecule has 0 spiro atoms. The van der Waals surface area contributed by atoms with Crippen molar-refractivity contribution < 1.29 is 19.8 Å². The van der Waals surface area contributed by atoms with E-state index in [9.17, 15) is 29.4 Å². The molecular weight excluding hydrogens is 853 g/mol. The predicted octanol–water partition coefficient (Wildman–Crippen LogP) is 5.91. The summed E-state index contributed by atoms with van der Waals surface area (Å²) in [6, 6.07) is 28.2. The van der Waals surface area contributed by atoms with Crippen LogP contribution >= 0.6 is 0 Å². The van der Waals surface area contributed by atoms with Crippen LogP contribution in [0.1, 0.15) is 85.3 Å². The van der Waals surface area contributed by atoms with Gasteiger partial charge in [-0.2, -0.15) is 0 Å². The number of benzene rings is 2. The number of carbonyl (C=O) groups is 2.